The van der Waals surface area contributed by atoms with Crippen LogP contribution < -0.4 is 5.32 Å². The van der Waals surface area contributed by atoms with Gasteiger partial charge in [0.1, 0.15) is 5.82 Å². The van der Waals surface area contributed by atoms with Crippen LogP contribution in [0, 0.1) is 5.92 Å². The van der Waals surface area contributed by atoms with Gasteiger partial charge in [0.15, 0.2) is 0 Å². The van der Waals surface area contributed by atoms with E-state index in [-0.39, 0.29) is 5.91 Å². The van der Waals surface area contributed by atoms with Gasteiger partial charge in [0, 0.05) is 45.0 Å². The standard InChI is InChI=1S/C19H26N4O/c1-15-13-22(16(2)24)10-8-18(15)21-12-19-20-9-11-23(19)14-17-6-4-3-5-7-17/h3-7,9,11,15,18,21H,8,10,12-14H2,1-2H3/t15-,18-/m1/s1. The van der Waals surface area contributed by atoms with Crippen molar-refractivity contribution in [1.82, 2.24) is 19.8 Å². The van der Waals surface area contributed by atoms with Crippen molar-refractivity contribution < 1.29 is 4.79 Å². The molecule has 5 nitrogen and oxygen atoms in total. The van der Waals surface area contributed by atoms with E-state index in [4.69, 9.17) is 0 Å². The summed E-state index contributed by atoms with van der Waals surface area (Å²) < 4.78 is 2.19. The third-order valence-corrected chi connectivity index (χ3v) is 4.87. The van der Waals surface area contributed by atoms with Crippen molar-refractivity contribution >= 4 is 5.91 Å². The molecule has 0 spiro atoms. The fourth-order valence-electron chi connectivity index (χ4n) is 3.39. The summed E-state index contributed by atoms with van der Waals surface area (Å²) in [6, 6.07) is 10.9. The van der Waals surface area contributed by atoms with Gasteiger partial charge in [0.05, 0.1) is 6.54 Å². The second kappa shape index (κ2) is 7.62. The zero-order chi connectivity index (χ0) is 16.9. The number of nitrogens with zero attached hydrogens (tertiary/aromatic N) is 3. The van der Waals surface area contributed by atoms with Crippen LogP contribution in [0.3, 0.4) is 0 Å². The number of imidazole rings is 1. The molecular formula is C19H26N4O. The molecule has 0 bridgehead atoms. The van der Waals surface area contributed by atoms with Gasteiger partial charge in [-0.2, -0.15) is 0 Å². The third kappa shape index (κ3) is 4.03. The molecule has 2 aromatic rings. The monoisotopic (exact) mass is 326 g/mol. The topological polar surface area (TPSA) is 50.2 Å². The van der Waals surface area contributed by atoms with Crippen LogP contribution in [-0.2, 0) is 17.9 Å². The smallest absolute Gasteiger partial charge is 0.219 e. The minimum absolute atomic E-state index is 0.179. The van der Waals surface area contributed by atoms with Crippen molar-refractivity contribution in [3.05, 3.63) is 54.1 Å². The summed E-state index contributed by atoms with van der Waals surface area (Å²) in [5.41, 5.74) is 1.28. The summed E-state index contributed by atoms with van der Waals surface area (Å²) in [4.78, 5) is 18.0. The number of piperidine rings is 1. The molecule has 0 saturated carbocycles. The maximum atomic E-state index is 11.5. The van der Waals surface area contributed by atoms with Gasteiger partial charge in [-0.15, -0.1) is 0 Å². The van der Waals surface area contributed by atoms with E-state index < -0.39 is 0 Å². The van der Waals surface area contributed by atoms with Crippen molar-refractivity contribution in [1.29, 1.82) is 0 Å². The molecule has 24 heavy (non-hydrogen) atoms. The normalized spacial score (nSPS) is 21.0. The van der Waals surface area contributed by atoms with Gasteiger partial charge in [0.2, 0.25) is 5.91 Å². The number of likely N-dealkylation sites (tertiary alicyclic amines) is 1. The Kier molecular flexibility index (Phi) is 5.30. The molecule has 1 amide bonds. The predicted octanol–water partition coefficient (Wildman–Crippen LogP) is 2.28. The van der Waals surface area contributed by atoms with Gasteiger partial charge < -0.3 is 14.8 Å². The highest BCUT2D eigenvalue weighted by molar-refractivity contribution is 5.73. The lowest BCUT2D eigenvalue weighted by Gasteiger charge is -2.37. The minimum atomic E-state index is 0.179. The molecule has 1 aromatic carbocycles. The zero-order valence-corrected chi connectivity index (χ0v) is 14.5. The predicted molar refractivity (Wildman–Crippen MR) is 94.4 cm³/mol. The van der Waals surface area contributed by atoms with E-state index in [1.807, 2.05) is 23.4 Å². The Bertz CT molecular complexity index is 667. The third-order valence-electron chi connectivity index (χ3n) is 4.87. The van der Waals surface area contributed by atoms with Crippen LogP contribution in [0.5, 0.6) is 0 Å². The summed E-state index contributed by atoms with van der Waals surface area (Å²) >= 11 is 0. The number of carbonyl (C=O) groups excluding carboxylic acids is 1. The average molecular weight is 326 g/mol. The molecule has 2 atom stereocenters. The lowest BCUT2D eigenvalue weighted by atomic mass is 9.94. The van der Waals surface area contributed by atoms with Crippen LogP contribution in [0.4, 0.5) is 0 Å². The highest BCUT2D eigenvalue weighted by Crippen LogP contribution is 2.17. The highest BCUT2D eigenvalue weighted by Gasteiger charge is 2.27. The Morgan fingerprint density at radius 1 is 1.33 bits per heavy atom. The van der Waals surface area contributed by atoms with E-state index in [1.54, 1.807) is 6.92 Å². The molecule has 3 rings (SSSR count). The largest absolute Gasteiger partial charge is 0.343 e. The fourth-order valence-corrected chi connectivity index (χ4v) is 3.39. The van der Waals surface area contributed by atoms with Crippen molar-refractivity contribution in [2.45, 2.75) is 39.4 Å². The number of benzene rings is 1. The van der Waals surface area contributed by atoms with E-state index in [1.165, 1.54) is 5.56 Å². The SMILES string of the molecule is CC(=O)N1CC[C@@H](NCc2nccn2Cc2ccccc2)[C@H](C)C1. The number of carbonyl (C=O) groups is 1. The molecule has 0 radical (unpaired) electrons. The summed E-state index contributed by atoms with van der Waals surface area (Å²) in [7, 11) is 0. The Balaban J connectivity index is 1.56. The fraction of sp³-hybridized carbons (Fsp3) is 0.474. The number of amides is 1. The maximum absolute atomic E-state index is 11.5. The van der Waals surface area contributed by atoms with Gasteiger partial charge in [0.25, 0.3) is 0 Å². The van der Waals surface area contributed by atoms with E-state index in [0.29, 0.717) is 12.0 Å². The van der Waals surface area contributed by atoms with Gasteiger partial charge >= 0.3 is 0 Å². The molecule has 1 aliphatic rings. The van der Waals surface area contributed by atoms with Gasteiger partial charge in [-0.3, -0.25) is 4.79 Å². The second-order valence-electron chi connectivity index (χ2n) is 6.68. The molecule has 1 aromatic heterocycles. The van der Waals surface area contributed by atoms with Crippen LogP contribution in [-0.4, -0.2) is 39.5 Å². The summed E-state index contributed by atoms with van der Waals surface area (Å²) in [6.45, 7) is 7.15. The molecule has 128 valence electrons. The first-order valence-electron chi connectivity index (χ1n) is 8.66. The Morgan fingerprint density at radius 3 is 2.83 bits per heavy atom. The summed E-state index contributed by atoms with van der Waals surface area (Å²) in [6.07, 6.45) is 4.90. The molecule has 5 heteroatoms. The Labute approximate surface area is 143 Å². The quantitative estimate of drug-likeness (QED) is 0.917. The van der Waals surface area contributed by atoms with Crippen molar-refractivity contribution in [3.63, 3.8) is 0 Å². The van der Waals surface area contributed by atoms with Crippen LogP contribution in [0.1, 0.15) is 31.7 Å². The van der Waals surface area contributed by atoms with Gasteiger partial charge in [-0.25, -0.2) is 4.98 Å². The first kappa shape index (κ1) is 16.7. The second-order valence-corrected chi connectivity index (χ2v) is 6.68. The molecule has 2 heterocycles. The van der Waals surface area contributed by atoms with Crippen LogP contribution in [0.15, 0.2) is 42.7 Å². The molecule has 1 fully saturated rings. The lowest BCUT2D eigenvalue weighted by Crippen LogP contribution is -2.49. The van der Waals surface area contributed by atoms with Gasteiger partial charge in [-0.05, 0) is 17.9 Å². The van der Waals surface area contributed by atoms with Gasteiger partial charge in [-0.1, -0.05) is 37.3 Å². The van der Waals surface area contributed by atoms with E-state index in [9.17, 15) is 4.79 Å². The first-order valence-corrected chi connectivity index (χ1v) is 8.66. The van der Waals surface area contributed by atoms with E-state index >= 15 is 0 Å². The molecular weight excluding hydrogens is 300 g/mol. The zero-order valence-electron chi connectivity index (χ0n) is 14.5. The average Bonchev–Trinajstić information content (AvgIpc) is 3.01. The summed E-state index contributed by atoms with van der Waals surface area (Å²) in [5, 5.41) is 3.64. The van der Waals surface area contributed by atoms with E-state index in [0.717, 1.165) is 38.4 Å². The highest BCUT2D eigenvalue weighted by atomic mass is 16.2. The first-order chi connectivity index (χ1) is 11.6. The molecule has 1 N–H and O–H groups in total. The summed E-state index contributed by atoms with van der Waals surface area (Å²) in [5.74, 6) is 1.69. The Morgan fingerprint density at radius 2 is 2.12 bits per heavy atom. The maximum Gasteiger partial charge on any atom is 0.219 e. The van der Waals surface area contributed by atoms with E-state index in [2.05, 4.69) is 46.1 Å². The van der Waals surface area contributed by atoms with Crippen LogP contribution >= 0.6 is 0 Å². The number of rotatable bonds is 5. The minimum Gasteiger partial charge on any atom is -0.343 e. The van der Waals surface area contributed by atoms with Crippen molar-refractivity contribution in [2.24, 2.45) is 5.92 Å². The van der Waals surface area contributed by atoms with Crippen LogP contribution in [0.2, 0.25) is 0 Å². The Hall–Kier alpha value is -2.14. The molecule has 0 unspecified atom stereocenters. The molecule has 0 aliphatic carbocycles. The van der Waals surface area contributed by atoms with Crippen molar-refractivity contribution in [3.8, 4) is 0 Å². The van der Waals surface area contributed by atoms with Crippen molar-refractivity contribution in [2.75, 3.05) is 13.1 Å². The molecule has 1 aliphatic heterocycles. The lowest BCUT2D eigenvalue weighted by molar-refractivity contribution is -0.130. The number of hydrogen-bond acceptors (Lipinski definition) is 3. The number of nitrogens with one attached hydrogen (secondary N) is 1. The number of aromatic nitrogens is 2. The van der Waals surface area contributed by atoms with Crippen LogP contribution in [0.25, 0.3) is 0 Å². The number of hydrogen-bond donors (Lipinski definition) is 1. The molecule has 1 saturated heterocycles.